The number of amides is 1. The summed E-state index contributed by atoms with van der Waals surface area (Å²) in [5.41, 5.74) is 2.11. The number of nitrogens with zero attached hydrogens (tertiary/aromatic N) is 2. The summed E-state index contributed by atoms with van der Waals surface area (Å²) in [5, 5.41) is 9.91. The van der Waals surface area contributed by atoms with Crippen molar-refractivity contribution < 1.29 is 14.6 Å². The second kappa shape index (κ2) is 8.33. The van der Waals surface area contributed by atoms with E-state index in [0.717, 1.165) is 36.4 Å². The van der Waals surface area contributed by atoms with Crippen LogP contribution in [0, 0.1) is 0 Å². The van der Waals surface area contributed by atoms with E-state index in [0.29, 0.717) is 19.6 Å². The van der Waals surface area contributed by atoms with Crippen molar-refractivity contribution in [2.45, 2.75) is 30.9 Å². The van der Waals surface area contributed by atoms with Gasteiger partial charge in [-0.25, -0.2) is 0 Å². The average Bonchev–Trinajstić information content (AvgIpc) is 3.16. The Hall–Kier alpha value is -2.37. The van der Waals surface area contributed by atoms with Gasteiger partial charge in [0.2, 0.25) is 5.91 Å². The summed E-state index contributed by atoms with van der Waals surface area (Å²) in [6.45, 7) is 2.84. The van der Waals surface area contributed by atoms with Gasteiger partial charge in [-0.05, 0) is 24.5 Å². The predicted octanol–water partition coefficient (Wildman–Crippen LogP) is 2.82. The highest BCUT2D eigenvalue weighted by Crippen LogP contribution is 2.36. The minimum Gasteiger partial charge on any atom is -0.493 e. The highest BCUT2D eigenvalue weighted by molar-refractivity contribution is 5.85. The summed E-state index contributed by atoms with van der Waals surface area (Å²) in [5.74, 6) is 0.772. The van der Waals surface area contributed by atoms with Crippen molar-refractivity contribution in [3.8, 4) is 5.75 Å². The Morgan fingerprint density at radius 1 is 1.18 bits per heavy atom. The number of aliphatic hydroxyl groups is 1. The molecule has 0 radical (unpaired) electrons. The average molecular weight is 380 g/mol. The Bertz CT molecular complexity index is 811. The monoisotopic (exact) mass is 380 g/mol. The van der Waals surface area contributed by atoms with Crippen molar-refractivity contribution in [3.05, 3.63) is 65.7 Å². The van der Waals surface area contributed by atoms with Crippen LogP contribution in [0.2, 0.25) is 0 Å². The fourth-order valence-electron chi connectivity index (χ4n) is 4.35. The van der Waals surface area contributed by atoms with E-state index in [1.54, 1.807) is 0 Å². The van der Waals surface area contributed by atoms with Crippen molar-refractivity contribution in [2.24, 2.45) is 0 Å². The van der Waals surface area contributed by atoms with Crippen molar-refractivity contribution in [2.75, 3.05) is 33.3 Å². The highest BCUT2D eigenvalue weighted by atomic mass is 16.5. The molecular weight excluding hydrogens is 352 g/mol. The molecule has 0 aromatic heterocycles. The molecule has 5 heteroatoms. The van der Waals surface area contributed by atoms with E-state index in [2.05, 4.69) is 17.0 Å². The second-order valence-corrected chi connectivity index (χ2v) is 7.81. The Morgan fingerprint density at radius 3 is 2.68 bits per heavy atom. The number of ether oxygens (including phenoxy) is 1. The molecule has 1 amide bonds. The number of likely N-dealkylation sites (tertiary alicyclic amines) is 1. The number of carbonyl (C=O) groups is 1. The van der Waals surface area contributed by atoms with Gasteiger partial charge in [-0.3, -0.25) is 9.69 Å². The zero-order valence-corrected chi connectivity index (χ0v) is 16.3. The lowest BCUT2D eigenvalue weighted by atomic mass is 9.91. The lowest BCUT2D eigenvalue weighted by Crippen LogP contribution is -2.41. The first-order valence-corrected chi connectivity index (χ1v) is 10.1. The molecule has 0 spiro atoms. The molecular formula is C23H28N2O3. The Kier molecular flexibility index (Phi) is 5.64. The van der Waals surface area contributed by atoms with Gasteiger partial charge in [0.25, 0.3) is 0 Å². The summed E-state index contributed by atoms with van der Waals surface area (Å²) in [6.07, 6.45) is 1.23. The number of fused-ring (bicyclic) bond motifs is 1. The van der Waals surface area contributed by atoms with Crippen LogP contribution in [0.5, 0.6) is 5.75 Å². The number of carbonyl (C=O) groups excluding carboxylic acids is 1. The van der Waals surface area contributed by atoms with Crippen LogP contribution in [0.4, 0.5) is 0 Å². The summed E-state index contributed by atoms with van der Waals surface area (Å²) >= 11 is 0. The Morgan fingerprint density at radius 2 is 1.93 bits per heavy atom. The Labute approximate surface area is 166 Å². The second-order valence-electron chi connectivity index (χ2n) is 7.81. The fourth-order valence-corrected chi connectivity index (χ4v) is 4.35. The summed E-state index contributed by atoms with van der Waals surface area (Å²) in [4.78, 5) is 17.7. The molecule has 1 N–H and O–H groups in total. The van der Waals surface area contributed by atoms with Crippen LogP contribution in [0.1, 0.15) is 35.9 Å². The van der Waals surface area contributed by atoms with Gasteiger partial charge in [0.1, 0.15) is 5.75 Å². The molecule has 0 saturated carbocycles. The van der Waals surface area contributed by atoms with Gasteiger partial charge in [0.15, 0.2) is 0 Å². The maximum absolute atomic E-state index is 13.5. The zero-order valence-electron chi connectivity index (χ0n) is 16.3. The van der Waals surface area contributed by atoms with Crippen LogP contribution in [0.3, 0.4) is 0 Å². The maximum Gasteiger partial charge on any atom is 0.230 e. The summed E-state index contributed by atoms with van der Waals surface area (Å²) in [6, 6.07) is 18.0. The van der Waals surface area contributed by atoms with E-state index >= 15 is 0 Å². The third-order valence-corrected chi connectivity index (χ3v) is 5.93. The van der Waals surface area contributed by atoms with Gasteiger partial charge < -0.3 is 14.7 Å². The third kappa shape index (κ3) is 3.91. The number of aliphatic hydroxyl groups excluding tert-OH is 1. The van der Waals surface area contributed by atoms with Gasteiger partial charge in [-0.15, -0.1) is 0 Å². The SMILES string of the molecule is CN(C(=O)C1CCOc2ccccc21)[C@H](CN1CC[C@H](O)C1)c1ccccc1. The van der Waals surface area contributed by atoms with Gasteiger partial charge in [-0.1, -0.05) is 48.5 Å². The van der Waals surface area contributed by atoms with Crippen LogP contribution in [-0.4, -0.2) is 60.2 Å². The van der Waals surface area contributed by atoms with E-state index in [-0.39, 0.29) is 24.0 Å². The van der Waals surface area contributed by atoms with E-state index in [1.165, 1.54) is 0 Å². The largest absolute Gasteiger partial charge is 0.493 e. The van der Waals surface area contributed by atoms with Crippen molar-refractivity contribution in [1.82, 2.24) is 9.80 Å². The molecule has 4 rings (SSSR count). The fraction of sp³-hybridized carbons (Fsp3) is 0.435. The van der Waals surface area contributed by atoms with Crippen molar-refractivity contribution in [1.29, 1.82) is 0 Å². The number of para-hydroxylation sites is 1. The molecule has 2 aromatic carbocycles. The third-order valence-electron chi connectivity index (χ3n) is 5.93. The van der Waals surface area contributed by atoms with Crippen LogP contribution in [-0.2, 0) is 4.79 Å². The highest BCUT2D eigenvalue weighted by Gasteiger charge is 2.34. The van der Waals surface area contributed by atoms with Gasteiger partial charge >= 0.3 is 0 Å². The molecule has 5 nitrogen and oxygen atoms in total. The first-order chi connectivity index (χ1) is 13.6. The van der Waals surface area contributed by atoms with Crippen molar-refractivity contribution in [3.63, 3.8) is 0 Å². The molecule has 1 saturated heterocycles. The quantitative estimate of drug-likeness (QED) is 0.867. The molecule has 2 aliphatic rings. The van der Waals surface area contributed by atoms with Gasteiger partial charge in [0.05, 0.1) is 24.7 Å². The molecule has 0 bridgehead atoms. The maximum atomic E-state index is 13.5. The number of hydrogen-bond acceptors (Lipinski definition) is 4. The molecule has 2 aliphatic heterocycles. The normalized spacial score (nSPS) is 22.9. The Balaban J connectivity index is 1.58. The molecule has 148 valence electrons. The predicted molar refractivity (Wildman–Crippen MR) is 108 cm³/mol. The van der Waals surface area contributed by atoms with Crippen LogP contribution in [0.25, 0.3) is 0 Å². The van der Waals surface area contributed by atoms with Crippen LogP contribution < -0.4 is 4.74 Å². The number of benzene rings is 2. The lowest BCUT2D eigenvalue weighted by molar-refractivity contribution is -0.134. The minimum atomic E-state index is -0.264. The van der Waals surface area contributed by atoms with E-state index < -0.39 is 0 Å². The zero-order chi connectivity index (χ0) is 19.5. The molecule has 1 fully saturated rings. The van der Waals surface area contributed by atoms with E-state index in [4.69, 9.17) is 4.74 Å². The number of rotatable bonds is 5. The molecule has 28 heavy (non-hydrogen) atoms. The van der Waals surface area contributed by atoms with E-state index in [9.17, 15) is 9.90 Å². The van der Waals surface area contributed by atoms with E-state index in [1.807, 2.05) is 54.4 Å². The lowest BCUT2D eigenvalue weighted by Gasteiger charge is -2.35. The number of hydrogen-bond donors (Lipinski definition) is 1. The molecule has 3 atom stereocenters. The molecule has 1 unspecified atom stereocenters. The molecule has 2 heterocycles. The van der Waals surface area contributed by atoms with Gasteiger partial charge in [-0.2, -0.15) is 0 Å². The number of likely N-dealkylation sites (N-methyl/N-ethyl adjacent to an activating group) is 1. The minimum absolute atomic E-state index is 0.0472. The van der Waals surface area contributed by atoms with Crippen molar-refractivity contribution >= 4 is 5.91 Å². The van der Waals surface area contributed by atoms with Crippen LogP contribution >= 0.6 is 0 Å². The van der Waals surface area contributed by atoms with Gasteiger partial charge in [0, 0.05) is 32.2 Å². The standard InChI is InChI=1S/C23H28N2O3/c1-24(23(27)20-12-14-28-22-10-6-5-9-19(20)22)21(17-7-3-2-4-8-17)16-25-13-11-18(26)15-25/h2-10,18,20-21,26H,11-16H2,1H3/t18-,20?,21+/m0/s1. The summed E-state index contributed by atoms with van der Waals surface area (Å²) in [7, 11) is 1.91. The smallest absolute Gasteiger partial charge is 0.230 e. The summed E-state index contributed by atoms with van der Waals surface area (Å²) < 4.78 is 5.74. The first-order valence-electron chi connectivity index (χ1n) is 10.1. The molecule has 0 aliphatic carbocycles. The first kappa shape index (κ1) is 19.0. The number of β-amino-alcohol motifs (C(OH)–C–C–N with tert-alkyl or cyclic N) is 1. The van der Waals surface area contributed by atoms with Crippen LogP contribution in [0.15, 0.2) is 54.6 Å². The molecule has 2 aromatic rings. The topological polar surface area (TPSA) is 53.0 Å².